The van der Waals surface area contributed by atoms with E-state index in [0.717, 1.165) is 17.7 Å². The summed E-state index contributed by atoms with van der Waals surface area (Å²) in [7, 11) is 0. The van der Waals surface area contributed by atoms with E-state index in [-0.39, 0.29) is 17.4 Å². The van der Waals surface area contributed by atoms with Gasteiger partial charge in [0.05, 0.1) is 0 Å². The van der Waals surface area contributed by atoms with Crippen LogP contribution in [0.25, 0.3) is 0 Å². The highest BCUT2D eigenvalue weighted by Crippen LogP contribution is 2.17. The molecule has 0 unspecified atom stereocenters. The van der Waals surface area contributed by atoms with Crippen LogP contribution in [0.5, 0.6) is 5.75 Å². The van der Waals surface area contributed by atoms with Crippen molar-refractivity contribution in [1.82, 2.24) is 14.8 Å². The van der Waals surface area contributed by atoms with E-state index in [1.54, 1.807) is 41.6 Å². The highest BCUT2D eigenvalue weighted by molar-refractivity contribution is 5.96. The maximum absolute atomic E-state index is 13.4. The highest BCUT2D eigenvalue weighted by Gasteiger charge is 2.26. The summed E-state index contributed by atoms with van der Waals surface area (Å²) >= 11 is 0. The second kappa shape index (κ2) is 9.55. The van der Waals surface area contributed by atoms with Crippen LogP contribution in [0.1, 0.15) is 26.3 Å². The number of piperazine rings is 1. The maximum atomic E-state index is 13.4. The third-order valence-electron chi connectivity index (χ3n) is 5.25. The second-order valence-electron chi connectivity index (χ2n) is 7.39. The first kappa shape index (κ1) is 21.4. The van der Waals surface area contributed by atoms with E-state index in [2.05, 4.69) is 4.98 Å². The van der Waals surface area contributed by atoms with Crippen molar-refractivity contribution in [3.05, 3.63) is 95.3 Å². The van der Waals surface area contributed by atoms with Gasteiger partial charge in [-0.25, -0.2) is 8.78 Å². The Hall–Kier alpha value is -3.81. The van der Waals surface area contributed by atoms with E-state index in [9.17, 15) is 18.4 Å². The molecule has 1 saturated heterocycles. The minimum Gasteiger partial charge on any atom is -0.489 e. The topological polar surface area (TPSA) is 62.7 Å². The molecule has 0 saturated carbocycles. The van der Waals surface area contributed by atoms with Crippen LogP contribution < -0.4 is 4.74 Å². The molecule has 32 heavy (non-hydrogen) atoms. The smallest absolute Gasteiger partial charge is 0.254 e. The summed E-state index contributed by atoms with van der Waals surface area (Å²) in [5.74, 6) is -1.93. The van der Waals surface area contributed by atoms with Crippen LogP contribution >= 0.6 is 0 Å². The van der Waals surface area contributed by atoms with Crippen molar-refractivity contribution < 1.29 is 23.1 Å². The van der Waals surface area contributed by atoms with E-state index in [4.69, 9.17) is 4.74 Å². The molecule has 1 aliphatic rings. The van der Waals surface area contributed by atoms with Gasteiger partial charge >= 0.3 is 0 Å². The third-order valence-corrected chi connectivity index (χ3v) is 5.25. The van der Waals surface area contributed by atoms with E-state index >= 15 is 0 Å². The van der Waals surface area contributed by atoms with Crippen molar-refractivity contribution >= 4 is 11.8 Å². The predicted octanol–water partition coefficient (Wildman–Crippen LogP) is 3.54. The number of rotatable bonds is 5. The molecule has 0 bridgehead atoms. The fraction of sp³-hybridized carbons (Fsp3) is 0.208. The molecule has 8 heteroatoms. The normalized spacial score (nSPS) is 13.7. The number of halogens is 2. The number of pyridine rings is 1. The molecule has 3 aromatic rings. The molecule has 1 aromatic heterocycles. The molecule has 0 aliphatic carbocycles. The van der Waals surface area contributed by atoms with Gasteiger partial charge in [0.15, 0.2) is 11.6 Å². The summed E-state index contributed by atoms with van der Waals surface area (Å²) < 4.78 is 32.2. The molecule has 0 N–H and O–H groups in total. The molecule has 1 aliphatic heterocycles. The number of hydrogen-bond donors (Lipinski definition) is 0. The first-order valence-electron chi connectivity index (χ1n) is 10.2. The van der Waals surface area contributed by atoms with Gasteiger partial charge in [-0.1, -0.05) is 6.07 Å². The van der Waals surface area contributed by atoms with Crippen LogP contribution in [0.3, 0.4) is 0 Å². The van der Waals surface area contributed by atoms with E-state index in [1.165, 1.54) is 11.0 Å². The second-order valence-corrected chi connectivity index (χ2v) is 7.39. The van der Waals surface area contributed by atoms with Gasteiger partial charge in [-0.3, -0.25) is 14.6 Å². The van der Waals surface area contributed by atoms with Crippen molar-refractivity contribution in [1.29, 1.82) is 0 Å². The first-order chi connectivity index (χ1) is 15.5. The first-order valence-corrected chi connectivity index (χ1v) is 10.2. The third kappa shape index (κ3) is 4.91. The average Bonchev–Trinajstić information content (AvgIpc) is 2.84. The molecule has 0 atom stereocenters. The molecule has 2 aromatic carbocycles. The Morgan fingerprint density at radius 1 is 0.844 bits per heavy atom. The highest BCUT2D eigenvalue weighted by atomic mass is 19.2. The van der Waals surface area contributed by atoms with Crippen molar-refractivity contribution in [2.24, 2.45) is 0 Å². The van der Waals surface area contributed by atoms with Crippen molar-refractivity contribution in [2.45, 2.75) is 6.61 Å². The minimum absolute atomic E-state index is 0.0885. The average molecular weight is 437 g/mol. The molecule has 2 amide bonds. The SMILES string of the molecule is O=C(c1ccc(OCc2cccnc2)cc1)N1CCN(C(=O)c2ccc(F)c(F)c2)CC1. The Kier molecular flexibility index (Phi) is 6.39. The van der Waals surface area contributed by atoms with Crippen LogP contribution in [-0.2, 0) is 6.61 Å². The van der Waals surface area contributed by atoms with Gasteiger partial charge in [-0.2, -0.15) is 0 Å². The fourth-order valence-corrected chi connectivity index (χ4v) is 3.45. The molecule has 0 spiro atoms. The summed E-state index contributed by atoms with van der Waals surface area (Å²) in [6.45, 7) is 1.72. The Bertz CT molecular complexity index is 1100. The molecule has 164 valence electrons. The summed E-state index contributed by atoms with van der Waals surface area (Å²) in [6, 6.07) is 13.8. The summed E-state index contributed by atoms with van der Waals surface area (Å²) in [5.41, 5.74) is 1.56. The van der Waals surface area contributed by atoms with Crippen LogP contribution in [-0.4, -0.2) is 52.8 Å². The van der Waals surface area contributed by atoms with Gasteiger partial charge in [0.1, 0.15) is 12.4 Å². The molecular weight excluding hydrogens is 416 g/mol. The largest absolute Gasteiger partial charge is 0.489 e. The van der Waals surface area contributed by atoms with E-state index in [1.807, 2.05) is 12.1 Å². The molecule has 2 heterocycles. The standard InChI is InChI=1S/C24H21F2N3O3/c25-21-8-5-19(14-22(21)26)24(31)29-12-10-28(11-13-29)23(30)18-3-6-20(7-4-18)32-16-17-2-1-9-27-15-17/h1-9,14-15H,10-13,16H2. The monoisotopic (exact) mass is 437 g/mol. The number of amides is 2. The molecular formula is C24H21F2N3O3. The number of hydrogen-bond acceptors (Lipinski definition) is 4. The van der Waals surface area contributed by atoms with Gasteiger partial charge in [0.25, 0.3) is 11.8 Å². The van der Waals surface area contributed by atoms with Gasteiger partial charge in [-0.15, -0.1) is 0 Å². The zero-order valence-electron chi connectivity index (χ0n) is 17.2. The molecule has 4 rings (SSSR count). The number of aromatic nitrogens is 1. The maximum Gasteiger partial charge on any atom is 0.254 e. The number of benzene rings is 2. The zero-order chi connectivity index (χ0) is 22.5. The summed E-state index contributed by atoms with van der Waals surface area (Å²) in [6.07, 6.45) is 3.43. The van der Waals surface area contributed by atoms with E-state index < -0.39 is 11.6 Å². The van der Waals surface area contributed by atoms with E-state index in [0.29, 0.717) is 44.1 Å². The Morgan fingerprint density at radius 3 is 2.06 bits per heavy atom. The minimum atomic E-state index is -1.06. The van der Waals surface area contributed by atoms with Gasteiger partial charge in [-0.05, 0) is 48.5 Å². The lowest BCUT2D eigenvalue weighted by Crippen LogP contribution is -2.50. The van der Waals surface area contributed by atoms with Crippen LogP contribution in [0, 0.1) is 11.6 Å². The summed E-state index contributed by atoms with van der Waals surface area (Å²) in [4.78, 5) is 32.6. The quantitative estimate of drug-likeness (QED) is 0.613. The Labute approximate surface area is 184 Å². The Balaban J connectivity index is 1.31. The number of ether oxygens (including phenoxy) is 1. The van der Waals surface area contributed by atoms with Gasteiger partial charge < -0.3 is 14.5 Å². The predicted molar refractivity (Wildman–Crippen MR) is 113 cm³/mol. The molecule has 6 nitrogen and oxygen atoms in total. The van der Waals surface area contributed by atoms with Crippen molar-refractivity contribution in [3.63, 3.8) is 0 Å². The van der Waals surface area contributed by atoms with Crippen LogP contribution in [0.15, 0.2) is 67.0 Å². The summed E-state index contributed by atoms with van der Waals surface area (Å²) in [5, 5.41) is 0. The number of nitrogens with zero attached hydrogens (tertiary/aromatic N) is 3. The van der Waals surface area contributed by atoms with Crippen LogP contribution in [0.2, 0.25) is 0 Å². The fourth-order valence-electron chi connectivity index (χ4n) is 3.45. The number of carbonyl (C=O) groups is 2. The molecule has 1 fully saturated rings. The van der Waals surface area contributed by atoms with Crippen molar-refractivity contribution in [3.8, 4) is 5.75 Å². The lowest BCUT2D eigenvalue weighted by molar-refractivity contribution is 0.0535. The zero-order valence-corrected chi connectivity index (χ0v) is 17.2. The molecule has 0 radical (unpaired) electrons. The van der Waals surface area contributed by atoms with Gasteiger partial charge in [0, 0.05) is 55.3 Å². The number of carbonyl (C=O) groups excluding carboxylic acids is 2. The van der Waals surface area contributed by atoms with Crippen LogP contribution in [0.4, 0.5) is 8.78 Å². The Morgan fingerprint density at radius 2 is 1.47 bits per heavy atom. The van der Waals surface area contributed by atoms with Crippen molar-refractivity contribution in [2.75, 3.05) is 26.2 Å². The van der Waals surface area contributed by atoms with Gasteiger partial charge in [0.2, 0.25) is 0 Å². The lowest BCUT2D eigenvalue weighted by Gasteiger charge is -2.35. The lowest BCUT2D eigenvalue weighted by atomic mass is 10.1.